The highest BCUT2D eigenvalue weighted by molar-refractivity contribution is 8.00. The molecular formula is C13H22F3N3S. The fourth-order valence-corrected chi connectivity index (χ4v) is 2.75. The van der Waals surface area contributed by atoms with Crippen LogP contribution in [0.2, 0.25) is 0 Å². The van der Waals surface area contributed by atoms with Gasteiger partial charge in [-0.25, -0.2) is 0 Å². The molecule has 2 N–H and O–H groups in total. The number of hydrogen-bond donors (Lipinski definition) is 1. The van der Waals surface area contributed by atoms with Crippen LogP contribution < -0.4 is 5.73 Å². The first kappa shape index (κ1) is 17.4. The van der Waals surface area contributed by atoms with Gasteiger partial charge in [-0.1, -0.05) is 13.8 Å². The highest BCUT2D eigenvalue weighted by atomic mass is 32.2. The van der Waals surface area contributed by atoms with E-state index in [9.17, 15) is 13.2 Å². The van der Waals surface area contributed by atoms with Crippen molar-refractivity contribution in [3.8, 4) is 0 Å². The van der Waals surface area contributed by atoms with Gasteiger partial charge < -0.3 is 5.73 Å². The van der Waals surface area contributed by atoms with Crippen molar-refractivity contribution < 1.29 is 13.2 Å². The summed E-state index contributed by atoms with van der Waals surface area (Å²) in [4.78, 5) is 0. The lowest BCUT2D eigenvalue weighted by Gasteiger charge is -2.10. The Labute approximate surface area is 122 Å². The van der Waals surface area contributed by atoms with Crippen LogP contribution in [-0.4, -0.2) is 27.1 Å². The van der Waals surface area contributed by atoms with Crippen LogP contribution in [0, 0.1) is 0 Å². The van der Waals surface area contributed by atoms with Crippen LogP contribution >= 0.6 is 11.8 Å². The van der Waals surface area contributed by atoms with Crippen molar-refractivity contribution >= 4 is 11.8 Å². The molecule has 1 aromatic heterocycles. The van der Waals surface area contributed by atoms with Gasteiger partial charge in [0.15, 0.2) is 0 Å². The maximum absolute atomic E-state index is 12.2. The number of nitrogens with zero attached hydrogens (tertiary/aromatic N) is 2. The average molecular weight is 309 g/mol. The molecule has 20 heavy (non-hydrogen) atoms. The predicted octanol–water partition coefficient (Wildman–Crippen LogP) is 3.15. The van der Waals surface area contributed by atoms with Crippen LogP contribution in [-0.2, 0) is 25.8 Å². The molecule has 116 valence electrons. The van der Waals surface area contributed by atoms with Gasteiger partial charge in [-0.15, -0.1) is 0 Å². The van der Waals surface area contributed by atoms with Crippen molar-refractivity contribution in [2.75, 3.05) is 5.75 Å². The zero-order valence-corrected chi connectivity index (χ0v) is 12.9. The topological polar surface area (TPSA) is 43.8 Å². The first-order valence-corrected chi connectivity index (χ1v) is 7.80. The van der Waals surface area contributed by atoms with E-state index in [-0.39, 0.29) is 30.1 Å². The molecular weight excluding hydrogens is 287 g/mol. The SMILES string of the molecule is CCc1nn(CCSC(F)(F)F)c(CC)c1CC(C)N. The van der Waals surface area contributed by atoms with E-state index in [4.69, 9.17) is 5.73 Å². The third-order valence-electron chi connectivity index (χ3n) is 3.01. The van der Waals surface area contributed by atoms with Gasteiger partial charge in [0.25, 0.3) is 0 Å². The van der Waals surface area contributed by atoms with Crippen molar-refractivity contribution in [3.63, 3.8) is 0 Å². The number of halogens is 3. The third-order valence-corrected chi connectivity index (χ3v) is 3.73. The second-order valence-corrected chi connectivity index (χ2v) is 5.94. The lowest BCUT2D eigenvalue weighted by atomic mass is 10.0. The summed E-state index contributed by atoms with van der Waals surface area (Å²) in [5, 5.41) is 4.45. The summed E-state index contributed by atoms with van der Waals surface area (Å²) in [6.45, 7) is 6.20. The summed E-state index contributed by atoms with van der Waals surface area (Å²) in [5.74, 6) is -0.0149. The summed E-state index contributed by atoms with van der Waals surface area (Å²) >= 11 is -0.00131. The standard InChI is InChI=1S/C13H22F3N3S/c1-4-11-10(8-9(3)17)12(5-2)19(18-11)6-7-20-13(14,15)16/h9H,4-8,17H2,1-3H3. The maximum Gasteiger partial charge on any atom is 0.441 e. The Morgan fingerprint density at radius 2 is 1.95 bits per heavy atom. The number of nitrogens with two attached hydrogens (primary N) is 1. The molecule has 1 atom stereocenters. The van der Waals surface area contributed by atoms with E-state index in [0.717, 1.165) is 36.2 Å². The van der Waals surface area contributed by atoms with E-state index in [1.807, 2.05) is 20.8 Å². The largest absolute Gasteiger partial charge is 0.441 e. The molecule has 0 aliphatic rings. The van der Waals surface area contributed by atoms with Crippen molar-refractivity contribution in [2.45, 2.75) is 58.1 Å². The molecule has 0 fully saturated rings. The summed E-state index contributed by atoms with van der Waals surface area (Å²) < 4.78 is 38.3. The van der Waals surface area contributed by atoms with Crippen LogP contribution in [0.25, 0.3) is 0 Å². The average Bonchev–Trinajstić information content (AvgIpc) is 2.64. The van der Waals surface area contributed by atoms with Gasteiger partial charge in [0.05, 0.1) is 12.2 Å². The van der Waals surface area contributed by atoms with Crippen LogP contribution in [0.5, 0.6) is 0 Å². The fourth-order valence-electron chi connectivity index (χ4n) is 2.26. The molecule has 3 nitrogen and oxygen atoms in total. The van der Waals surface area contributed by atoms with Gasteiger partial charge >= 0.3 is 5.51 Å². The lowest BCUT2D eigenvalue weighted by Crippen LogP contribution is -2.19. The molecule has 0 radical (unpaired) electrons. The molecule has 0 spiro atoms. The van der Waals surface area contributed by atoms with E-state index >= 15 is 0 Å². The molecule has 1 heterocycles. The zero-order chi connectivity index (χ0) is 15.3. The highest BCUT2D eigenvalue weighted by Gasteiger charge is 2.28. The fraction of sp³-hybridized carbons (Fsp3) is 0.769. The summed E-state index contributed by atoms with van der Waals surface area (Å²) in [6, 6.07) is 0.0211. The molecule has 0 aliphatic heterocycles. The van der Waals surface area contributed by atoms with Gasteiger partial charge in [-0.3, -0.25) is 4.68 Å². The Morgan fingerprint density at radius 1 is 1.30 bits per heavy atom. The monoisotopic (exact) mass is 309 g/mol. The van der Waals surface area contributed by atoms with Gasteiger partial charge in [0.2, 0.25) is 0 Å². The Bertz CT molecular complexity index is 427. The number of thioether (sulfide) groups is 1. The quantitative estimate of drug-likeness (QED) is 0.841. The molecule has 1 aromatic rings. The van der Waals surface area contributed by atoms with Crippen LogP contribution in [0.3, 0.4) is 0 Å². The number of rotatable bonds is 7. The minimum Gasteiger partial charge on any atom is -0.328 e. The predicted molar refractivity (Wildman–Crippen MR) is 76.8 cm³/mol. The van der Waals surface area contributed by atoms with Crippen LogP contribution in [0.1, 0.15) is 37.7 Å². The Balaban J connectivity index is 2.87. The van der Waals surface area contributed by atoms with E-state index < -0.39 is 5.51 Å². The molecule has 1 unspecified atom stereocenters. The number of aryl methyl sites for hydroxylation is 2. The van der Waals surface area contributed by atoms with E-state index in [0.29, 0.717) is 0 Å². The van der Waals surface area contributed by atoms with Gasteiger partial charge in [0.1, 0.15) is 0 Å². The molecule has 0 saturated heterocycles. The minimum atomic E-state index is -4.18. The Hall–Kier alpha value is -0.690. The van der Waals surface area contributed by atoms with Crippen molar-refractivity contribution in [1.82, 2.24) is 9.78 Å². The molecule has 0 aromatic carbocycles. The van der Waals surface area contributed by atoms with Gasteiger partial charge in [-0.2, -0.15) is 18.3 Å². The summed E-state index contributed by atoms with van der Waals surface area (Å²) in [5.41, 5.74) is 4.75. The molecule has 1 rings (SSSR count). The smallest absolute Gasteiger partial charge is 0.328 e. The molecule has 0 bridgehead atoms. The lowest BCUT2D eigenvalue weighted by molar-refractivity contribution is -0.0328. The highest BCUT2D eigenvalue weighted by Crippen LogP contribution is 2.30. The van der Waals surface area contributed by atoms with Gasteiger partial charge in [-0.05, 0) is 43.5 Å². The van der Waals surface area contributed by atoms with Gasteiger partial charge in [0, 0.05) is 17.5 Å². The minimum absolute atomic E-state index is 0.00131. The summed E-state index contributed by atoms with van der Waals surface area (Å²) in [6.07, 6.45) is 2.25. The summed E-state index contributed by atoms with van der Waals surface area (Å²) in [7, 11) is 0. The molecule has 0 amide bonds. The third kappa shape index (κ3) is 5.01. The number of hydrogen-bond acceptors (Lipinski definition) is 3. The van der Waals surface area contributed by atoms with Crippen molar-refractivity contribution in [1.29, 1.82) is 0 Å². The second kappa shape index (κ2) is 7.36. The second-order valence-electron chi connectivity index (χ2n) is 4.78. The van der Waals surface area contributed by atoms with Crippen LogP contribution in [0.4, 0.5) is 13.2 Å². The zero-order valence-electron chi connectivity index (χ0n) is 12.1. The van der Waals surface area contributed by atoms with E-state index in [2.05, 4.69) is 5.10 Å². The normalized spacial score (nSPS) is 13.8. The maximum atomic E-state index is 12.2. The molecule has 7 heteroatoms. The Kier molecular flexibility index (Phi) is 6.39. The number of alkyl halides is 3. The Morgan fingerprint density at radius 3 is 2.40 bits per heavy atom. The first-order chi connectivity index (χ1) is 9.28. The van der Waals surface area contributed by atoms with E-state index in [1.54, 1.807) is 4.68 Å². The first-order valence-electron chi connectivity index (χ1n) is 6.82. The number of aromatic nitrogens is 2. The van der Waals surface area contributed by atoms with Crippen molar-refractivity contribution in [3.05, 3.63) is 17.0 Å². The van der Waals surface area contributed by atoms with Crippen LogP contribution in [0.15, 0.2) is 0 Å². The molecule has 0 saturated carbocycles. The molecule has 0 aliphatic carbocycles. The van der Waals surface area contributed by atoms with Crippen molar-refractivity contribution in [2.24, 2.45) is 5.73 Å². The van der Waals surface area contributed by atoms with E-state index in [1.165, 1.54) is 0 Å².